The van der Waals surface area contributed by atoms with Gasteiger partial charge in [0.25, 0.3) is 5.91 Å². The lowest BCUT2D eigenvalue weighted by atomic mass is 10.2. The molecule has 1 amide bonds. The Morgan fingerprint density at radius 3 is 2.65 bits per heavy atom. The van der Waals surface area contributed by atoms with E-state index in [-0.39, 0.29) is 5.91 Å². The van der Waals surface area contributed by atoms with E-state index in [0.717, 1.165) is 35.1 Å². The van der Waals surface area contributed by atoms with E-state index < -0.39 is 0 Å². The van der Waals surface area contributed by atoms with Crippen LogP contribution < -0.4 is 5.32 Å². The quantitative estimate of drug-likeness (QED) is 0.669. The number of amides is 1. The van der Waals surface area contributed by atoms with Crippen molar-refractivity contribution in [1.29, 1.82) is 0 Å². The van der Waals surface area contributed by atoms with Crippen LogP contribution in [-0.4, -0.2) is 21.9 Å². The van der Waals surface area contributed by atoms with Crippen LogP contribution in [0.15, 0.2) is 27.8 Å². The number of hydrogen-bond acceptors (Lipinski definition) is 5. The molecule has 1 aliphatic rings. The van der Waals surface area contributed by atoms with Crippen molar-refractivity contribution in [2.75, 3.05) is 0 Å². The molecule has 6 heteroatoms. The normalized spacial score (nSPS) is 15.0. The van der Waals surface area contributed by atoms with E-state index in [9.17, 15) is 4.79 Å². The topological polar surface area (TPSA) is 68.0 Å². The summed E-state index contributed by atoms with van der Waals surface area (Å²) in [5.41, 5.74) is 1.91. The molecule has 0 radical (unpaired) electrons. The summed E-state index contributed by atoms with van der Waals surface area (Å²) in [5, 5.41) is 3.77. The predicted molar refractivity (Wildman–Crippen MR) is 89.5 cm³/mol. The molecule has 1 aliphatic carbocycles. The van der Waals surface area contributed by atoms with Gasteiger partial charge in [-0.2, -0.15) is 0 Å². The van der Waals surface area contributed by atoms with Gasteiger partial charge in [0.2, 0.25) is 0 Å². The second-order valence-corrected chi connectivity index (χ2v) is 6.89. The van der Waals surface area contributed by atoms with Crippen molar-refractivity contribution >= 4 is 17.7 Å². The molecule has 0 bridgehead atoms. The third kappa shape index (κ3) is 4.34. The second kappa shape index (κ2) is 7.17. The third-order valence-corrected chi connectivity index (χ3v) is 4.75. The Kier molecular flexibility index (Phi) is 5.00. The molecule has 0 aromatic carbocycles. The van der Waals surface area contributed by atoms with Crippen molar-refractivity contribution < 1.29 is 9.21 Å². The second-order valence-electron chi connectivity index (χ2n) is 5.94. The number of aromatic nitrogens is 2. The summed E-state index contributed by atoms with van der Waals surface area (Å²) in [7, 11) is 0. The zero-order valence-electron chi connectivity index (χ0n) is 13.5. The van der Waals surface area contributed by atoms with Gasteiger partial charge in [0.1, 0.15) is 5.76 Å². The van der Waals surface area contributed by atoms with Crippen LogP contribution in [0, 0.1) is 13.8 Å². The largest absolute Gasteiger partial charge is 0.455 e. The molecule has 5 nitrogen and oxygen atoms in total. The first-order valence-corrected chi connectivity index (χ1v) is 8.93. The maximum absolute atomic E-state index is 12.1. The van der Waals surface area contributed by atoms with Gasteiger partial charge in [-0.3, -0.25) is 4.79 Å². The number of hydrogen-bond donors (Lipinski definition) is 1. The van der Waals surface area contributed by atoms with Gasteiger partial charge < -0.3 is 9.73 Å². The Balaban J connectivity index is 1.57. The van der Waals surface area contributed by atoms with Crippen LogP contribution in [-0.2, 0) is 5.75 Å². The third-order valence-electron chi connectivity index (χ3n) is 3.88. The number of nitrogens with one attached hydrogen (secondary N) is 1. The molecular formula is C17H21N3O2S. The van der Waals surface area contributed by atoms with Crippen LogP contribution in [0.5, 0.6) is 0 Å². The van der Waals surface area contributed by atoms with Crippen LogP contribution >= 0.6 is 11.8 Å². The molecule has 0 saturated heterocycles. The Bertz CT molecular complexity index is 673. The molecule has 122 valence electrons. The zero-order chi connectivity index (χ0) is 16.2. The molecule has 2 aromatic heterocycles. The number of nitrogens with zero attached hydrogens (tertiary/aromatic N) is 2. The number of thioether (sulfide) groups is 1. The fourth-order valence-corrected chi connectivity index (χ4v) is 3.64. The first-order chi connectivity index (χ1) is 11.1. The maximum Gasteiger partial charge on any atom is 0.287 e. The lowest BCUT2D eigenvalue weighted by Gasteiger charge is -2.09. The predicted octanol–water partition coefficient (Wildman–Crippen LogP) is 3.65. The highest BCUT2D eigenvalue weighted by Crippen LogP contribution is 2.22. The average molecular weight is 331 g/mol. The molecule has 3 rings (SSSR count). The Morgan fingerprint density at radius 1 is 1.26 bits per heavy atom. The number of carbonyl (C=O) groups is 1. The summed E-state index contributed by atoms with van der Waals surface area (Å²) in [6.45, 7) is 3.91. The van der Waals surface area contributed by atoms with Gasteiger partial charge in [0.05, 0.1) is 5.75 Å². The molecule has 0 atom stereocenters. The van der Waals surface area contributed by atoms with Gasteiger partial charge >= 0.3 is 0 Å². The minimum absolute atomic E-state index is 0.115. The van der Waals surface area contributed by atoms with Crippen molar-refractivity contribution in [2.45, 2.75) is 56.5 Å². The summed E-state index contributed by atoms with van der Waals surface area (Å²) in [6.07, 6.45) is 4.53. The van der Waals surface area contributed by atoms with E-state index in [2.05, 4.69) is 15.3 Å². The van der Waals surface area contributed by atoms with Crippen LogP contribution in [0.3, 0.4) is 0 Å². The van der Waals surface area contributed by atoms with Crippen LogP contribution in [0.2, 0.25) is 0 Å². The zero-order valence-corrected chi connectivity index (χ0v) is 14.3. The molecule has 0 spiro atoms. The summed E-state index contributed by atoms with van der Waals surface area (Å²) >= 11 is 1.51. The first kappa shape index (κ1) is 16.1. The van der Waals surface area contributed by atoms with Gasteiger partial charge in [0.15, 0.2) is 10.9 Å². The SMILES string of the molecule is Cc1cc(C)nc(SCc2ccc(C(=O)NC3CCCC3)o2)n1. The van der Waals surface area contributed by atoms with Crippen molar-refractivity contribution in [1.82, 2.24) is 15.3 Å². The van der Waals surface area contributed by atoms with E-state index in [1.54, 1.807) is 6.07 Å². The summed E-state index contributed by atoms with van der Waals surface area (Å²) in [6, 6.07) is 5.83. The van der Waals surface area contributed by atoms with E-state index in [1.807, 2.05) is 26.0 Å². The number of carbonyl (C=O) groups excluding carboxylic acids is 1. The fraction of sp³-hybridized carbons (Fsp3) is 0.471. The van der Waals surface area contributed by atoms with Crippen molar-refractivity contribution in [3.8, 4) is 0 Å². The summed E-state index contributed by atoms with van der Waals surface area (Å²) in [5.74, 6) is 1.64. The number of rotatable bonds is 5. The molecule has 0 unspecified atom stereocenters. The Hall–Kier alpha value is -1.82. The molecule has 1 fully saturated rings. The van der Waals surface area contributed by atoms with E-state index in [4.69, 9.17) is 4.42 Å². The van der Waals surface area contributed by atoms with Crippen LogP contribution in [0.4, 0.5) is 0 Å². The van der Waals surface area contributed by atoms with Crippen LogP contribution in [0.25, 0.3) is 0 Å². The first-order valence-electron chi connectivity index (χ1n) is 7.95. The smallest absolute Gasteiger partial charge is 0.287 e. The lowest BCUT2D eigenvalue weighted by Crippen LogP contribution is -2.32. The maximum atomic E-state index is 12.1. The van der Waals surface area contributed by atoms with Gasteiger partial charge in [-0.05, 0) is 44.9 Å². The van der Waals surface area contributed by atoms with Crippen molar-refractivity contribution in [3.63, 3.8) is 0 Å². The van der Waals surface area contributed by atoms with Gasteiger partial charge in [-0.1, -0.05) is 24.6 Å². The van der Waals surface area contributed by atoms with E-state index in [1.165, 1.54) is 24.6 Å². The molecule has 1 N–H and O–H groups in total. The van der Waals surface area contributed by atoms with Gasteiger partial charge in [-0.15, -0.1) is 0 Å². The van der Waals surface area contributed by atoms with Crippen molar-refractivity contribution in [3.05, 3.63) is 41.1 Å². The molecule has 0 aliphatic heterocycles. The summed E-state index contributed by atoms with van der Waals surface area (Å²) < 4.78 is 5.65. The standard InChI is InChI=1S/C17H21N3O2S/c1-11-9-12(2)19-17(18-11)23-10-14-7-8-15(22-14)16(21)20-13-5-3-4-6-13/h7-9,13H,3-6,10H2,1-2H3,(H,20,21). The highest BCUT2D eigenvalue weighted by molar-refractivity contribution is 7.98. The van der Waals surface area contributed by atoms with Gasteiger partial charge in [0, 0.05) is 17.4 Å². The average Bonchev–Trinajstić information content (AvgIpc) is 3.15. The highest BCUT2D eigenvalue weighted by atomic mass is 32.2. The van der Waals surface area contributed by atoms with E-state index in [0.29, 0.717) is 17.6 Å². The molecule has 1 saturated carbocycles. The van der Waals surface area contributed by atoms with Crippen molar-refractivity contribution in [2.24, 2.45) is 0 Å². The van der Waals surface area contributed by atoms with Gasteiger partial charge in [-0.25, -0.2) is 9.97 Å². The molecule has 2 heterocycles. The van der Waals surface area contributed by atoms with Crippen LogP contribution in [0.1, 0.15) is 53.4 Å². The monoisotopic (exact) mass is 331 g/mol. The minimum atomic E-state index is -0.115. The molecule has 23 heavy (non-hydrogen) atoms. The van der Waals surface area contributed by atoms with E-state index >= 15 is 0 Å². The number of aryl methyl sites for hydroxylation is 2. The Labute approximate surface area is 140 Å². The molecular weight excluding hydrogens is 310 g/mol. The molecule has 2 aromatic rings. The lowest BCUT2D eigenvalue weighted by molar-refractivity contribution is 0.0908. The summed E-state index contributed by atoms with van der Waals surface area (Å²) in [4.78, 5) is 20.9. The fourth-order valence-electron chi connectivity index (χ4n) is 2.80. The minimum Gasteiger partial charge on any atom is -0.455 e. The number of furan rings is 1. The highest BCUT2D eigenvalue weighted by Gasteiger charge is 2.19. The Morgan fingerprint density at radius 2 is 1.96 bits per heavy atom.